The summed E-state index contributed by atoms with van der Waals surface area (Å²) in [6, 6.07) is 12.5. The molecule has 3 rings (SSSR count). The number of ketones is 1. The van der Waals surface area contributed by atoms with Crippen LogP contribution in [0.15, 0.2) is 47.6 Å². The number of amides is 1. The average molecular weight is 411 g/mol. The van der Waals surface area contributed by atoms with Crippen LogP contribution in [0.4, 0.5) is 5.69 Å². The number of aryl methyl sites for hydroxylation is 1. The lowest BCUT2D eigenvalue weighted by atomic mass is 10.1. The van der Waals surface area contributed by atoms with Crippen molar-refractivity contribution >= 4 is 29.1 Å². The molecule has 0 unspecified atom stereocenters. The number of anilines is 1. The molecule has 9 heteroatoms. The Labute approximate surface area is 172 Å². The number of Topliss-reactive ketones (excluding diaryl/α,β-unsaturated/α-hetero) is 1. The number of thioether (sulfide) groups is 1. The first-order valence-corrected chi connectivity index (χ1v) is 9.79. The fourth-order valence-corrected chi connectivity index (χ4v) is 3.41. The number of hydrogen-bond donors (Lipinski definition) is 1. The minimum absolute atomic E-state index is 0.0230. The fraction of sp³-hybridized carbons (Fsp3) is 0.250. The molecular formula is C20H21N5O3S. The van der Waals surface area contributed by atoms with Gasteiger partial charge in [0.15, 0.2) is 5.78 Å². The van der Waals surface area contributed by atoms with Gasteiger partial charge in [-0.3, -0.25) is 9.59 Å². The molecule has 0 bridgehead atoms. The van der Waals surface area contributed by atoms with Crippen molar-refractivity contribution in [1.82, 2.24) is 20.2 Å². The van der Waals surface area contributed by atoms with Gasteiger partial charge in [0.25, 0.3) is 0 Å². The number of nitrogens with one attached hydrogen (secondary N) is 1. The van der Waals surface area contributed by atoms with Gasteiger partial charge in [-0.25, -0.2) is 0 Å². The summed E-state index contributed by atoms with van der Waals surface area (Å²) >= 11 is 1.24. The predicted octanol–water partition coefficient (Wildman–Crippen LogP) is 3.30. The van der Waals surface area contributed by atoms with Gasteiger partial charge in [0, 0.05) is 11.3 Å². The van der Waals surface area contributed by atoms with E-state index in [1.54, 1.807) is 43.0 Å². The molecule has 1 aromatic heterocycles. The molecule has 150 valence electrons. The number of carbonyl (C=O) groups excluding carboxylic acids is 2. The van der Waals surface area contributed by atoms with Gasteiger partial charge in [0.2, 0.25) is 11.1 Å². The van der Waals surface area contributed by atoms with Gasteiger partial charge in [0.05, 0.1) is 12.4 Å². The number of rotatable bonds is 7. The zero-order chi connectivity index (χ0) is 21.0. The second-order valence-corrected chi connectivity index (χ2v) is 7.74. The molecule has 0 radical (unpaired) electrons. The van der Waals surface area contributed by atoms with Crippen molar-refractivity contribution in [1.29, 1.82) is 0 Å². The van der Waals surface area contributed by atoms with E-state index in [1.165, 1.54) is 18.7 Å². The molecule has 1 atom stereocenters. The number of carbonyl (C=O) groups is 2. The standard InChI is InChI=1S/C20H21N5O3S/c1-12-5-10-18(28-4)17(11-12)25-20(22-23-24-25)29-14(3)19(27)21-16-8-6-15(7-9-16)13(2)26/h5-11,14H,1-4H3,(H,21,27)/t14-/m1/s1. The molecule has 1 heterocycles. The van der Waals surface area contributed by atoms with E-state index in [0.29, 0.717) is 27.8 Å². The molecule has 0 aliphatic heterocycles. The second-order valence-electron chi connectivity index (χ2n) is 6.43. The van der Waals surface area contributed by atoms with Crippen LogP contribution in [-0.2, 0) is 4.79 Å². The van der Waals surface area contributed by atoms with Gasteiger partial charge in [-0.15, -0.1) is 5.10 Å². The van der Waals surface area contributed by atoms with Crippen LogP contribution in [0.5, 0.6) is 5.75 Å². The topological polar surface area (TPSA) is 99.0 Å². The number of nitrogens with zero attached hydrogens (tertiary/aromatic N) is 4. The number of tetrazole rings is 1. The molecule has 0 aliphatic rings. The maximum absolute atomic E-state index is 12.6. The summed E-state index contributed by atoms with van der Waals surface area (Å²) in [4.78, 5) is 23.9. The van der Waals surface area contributed by atoms with E-state index in [0.717, 1.165) is 5.56 Å². The highest BCUT2D eigenvalue weighted by Gasteiger charge is 2.21. The predicted molar refractivity (Wildman–Crippen MR) is 111 cm³/mol. The van der Waals surface area contributed by atoms with E-state index in [-0.39, 0.29) is 11.7 Å². The average Bonchev–Trinajstić information content (AvgIpc) is 3.16. The Morgan fingerprint density at radius 3 is 2.55 bits per heavy atom. The summed E-state index contributed by atoms with van der Waals surface area (Å²) in [5, 5.41) is 14.7. The number of benzene rings is 2. The molecule has 2 aromatic carbocycles. The Kier molecular flexibility index (Phi) is 6.28. The van der Waals surface area contributed by atoms with Crippen LogP contribution in [0.3, 0.4) is 0 Å². The molecule has 0 saturated heterocycles. The summed E-state index contributed by atoms with van der Waals surface area (Å²) in [6.07, 6.45) is 0. The van der Waals surface area contributed by atoms with Crippen LogP contribution >= 0.6 is 11.8 Å². The molecule has 0 aliphatic carbocycles. The molecule has 0 saturated carbocycles. The lowest BCUT2D eigenvalue weighted by molar-refractivity contribution is -0.115. The SMILES string of the molecule is COc1ccc(C)cc1-n1nnnc1S[C@H](C)C(=O)Nc1ccc(C(C)=O)cc1. The molecular weight excluding hydrogens is 390 g/mol. The number of ether oxygens (including phenoxy) is 1. The van der Waals surface area contributed by atoms with Gasteiger partial charge in [-0.05, 0) is 73.2 Å². The smallest absolute Gasteiger partial charge is 0.237 e. The maximum atomic E-state index is 12.6. The van der Waals surface area contributed by atoms with Gasteiger partial charge in [0.1, 0.15) is 11.4 Å². The normalized spacial score (nSPS) is 11.7. The van der Waals surface area contributed by atoms with E-state index < -0.39 is 5.25 Å². The third kappa shape index (κ3) is 4.80. The summed E-state index contributed by atoms with van der Waals surface area (Å²) in [5.41, 5.74) is 2.95. The molecule has 3 aromatic rings. The monoisotopic (exact) mass is 411 g/mol. The second kappa shape index (κ2) is 8.87. The van der Waals surface area contributed by atoms with E-state index in [2.05, 4.69) is 20.8 Å². The lowest BCUT2D eigenvalue weighted by Crippen LogP contribution is -2.23. The quantitative estimate of drug-likeness (QED) is 0.470. The highest BCUT2D eigenvalue weighted by molar-refractivity contribution is 8.00. The van der Waals surface area contributed by atoms with Gasteiger partial charge in [-0.1, -0.05) is 17.8 Å². The molecule has 0 fully saturated rings. The summed E-state index contributed by atoms with van der Waals surface area (Å²) in [6.45, 7) is 5.24. The number of methoxy groups -OCH3 is 1. The van der Waals surface area contributed by atoms with Crippen LogP contribution in [0, 0.1) is 6.92 Å². The van der Waals surface area contributed by atoms with Gasteiger partial charge in [-0.2, -0.15) is 4.68 Å². The van der Waals surface area contributed by atoms with E-state index in [4.69, 9.17) is 4.74 Å². The van der Waals surface area contributed by atoms with Crippen LogP contribution in [0.25, 0.3) is 5.69 Å². The first kappa shape index (κ1) is 20.5. The zero-order valence-corrected chi connectivity index (χ0v) is 17.4. The van der Waals surface area contributed by atoms with Crippen molar-refractivity contribution in [2.75, 3.05) is 12.4 Å². The third-order valence-corrected chi connectivity index (χ3v) is 5.25. The maximum Gasteiger partial charge on any atom is 0.237 e. The molecule has 29 heavy (non-hydrogen) atoms. The van der Waals surface area contributed by atoms with E-state index in [9.17, 15) is 9.59 Å². The van der Waals surface area contributed by atoms with Crippen molar-refractivity contribution in [2.45, 2.75) is 31.2 Å². The van der Waals surface area contributed by atoms with Crippen molar-refractivity contribution in [3.63, 3.8) is 0 Å². The minimum Gasteiger partial charge on any atom is -0.494 e. The van der Waals surface area contributed by atoms with E-state index in [1.807, 2.05) is 25.1 Å². The van der Waals surface area contributed by atoms with Crippen LogP contribution < -0.4 is 10.1 Å². The Morgan fingerprint density at radius 2 is 1.90 bits per heavy atom. The molecule has 8 nitrogen and oxygen atoms in total. The van der Waals surface area contributed by atoms with Crippen LogP contribution in [-0.4, -0.2) is 44.3 Å². The van der Waals surface area contributed by atoms with E-state index >= 15 is 0 Å². The largest absolute Gasteiger partial charge is 0.494 e. The number of hydrogen-bond acceptors (Lipinski definition) is 7. The van der Waals surface area contributed by atoms with Crippen molar-refractivity contribution in [3.8, 4) is 11.4 Å². The van der Waals surface area contributed by atoms with Gasteiger partial charge >= 0.3 is 0 Å². The number of aromatic nitrogens is 4. The van der Waals surface area contributed by atoms with Crippen LogP contribution in [0.1, 0.15) is 29.8 Å². The zero-order valence-electron chi connectivity index (χ0n) is 16.5. The summed E-state index contributed by atoms with van der Waals surface area (Å²) < 4.78 is 6.97. The van der Waals surface area contributed by atoms with Crippen molar-refractivity contribution < 1.29 is 14.3 Å². The van der Waals surface area contributed by atoms with Crippen LogP contribution in [0.2, 0.25) is 0 Å². The fourth-order valence-electron chi connectivity index (χ4n) is 2.61. The Balaban J connectivity index is 1.74. The van der Waals surface area contributed by atoms with Gasteiger partial charge < -0.3 is 10.1 Å². The first-order valence-electron chi connectivity index (χ1n) is 8.91. The first-order chi connectivity index (χ1) is 13.9. The minimum atomic E-state index is -0.456. The molecule has 1 amide bonds. The highest BCUT2D eigenvalue weighted by Crippen LogP contribution is 2.29. The Morgan fingerprint density at radius 1 is 1.17 bits per heavy atom. The lowest BCUT2D eigenvalue weighted by Gasteiger charge is -2.13. The molecule has 0 spiro atoms. The summed E-state index contributed by atoms with van der Waals surface area (Å²) in [7, 11) is 1.58. The Hall–Kier alpha value is -3.20. The van der Waals surface area contributed by atoms with Crippen molar-refractivity contribution in [3.05, 3.63) is 53.6 Å². The highest BCUT2D eigenvalue weighted by atomic mass is 32.2. The molecule has 1 N–H and O–H groups in total. The Bertz CT molecular complexity index is 1030. The third-order valence-electron chi connectivity index (χ3n) is 4.21. The summed E-state index contributed by atoms with van der Waals surface area (Å²) in [5.74, 6) is 0.411. The van der Waals surface area contributed by atoms with Crippen molar-refractivity contribution in [2.24, 2.45) is 0 Å².